The van der Waals surface area contributed by atoms with Crippen molar-refractivity contribution in [3.8, 4) is 11.1 Å². The number of allylic oxidation sites excluding steroid dienone is 7. The van der Waals surface area contributed by atoms with E-state index >= 15 is 0 Å². The summed E-state index contributed by atoms with van der Waals surface area (Å²) in [6.45, 7) is 0. The Morgan fingerprint density at radius 2 is 1.23 bits per heavy atom. The van der Waals surface area contributed by atoms with Crippen LogP contribution in [0.15, 0.2) is 208 Å². The van der Waals surface area contributed by atoms with Crippen LogP contribution in [0.4, 0.5) is 0 Å². The smallest absolute Gasteiger partial charge is 0.0433 e. The van der Waals surface area contributed by atoms with Crippen LogP contribution in [0.25, 0.3) is 53.5 Å². The highest BCUT2D eigenvalue weighted by atomic mass is 32.3. The third-order valence-electron chi connectivity index (χ3n) is 10.5. The minimum absolute atomic E-state index is 0.156. The summed E-state index contributed by atoms with van der Waals surface area (Å²) in [5.74, 6) is 0.156. The molecule has 2 aliphatic rings. The summed E-state index contributed by atoms with van der Waals surface area (Å²) in [7, 11) is -1.91. The lowest BCUT2D eigenvalue weighted by Crippen LogP contribution is -2.06. The molecular weight excluding hydrogens is 697 g/mol. The van der Waals surface area contributed by atoms with Crippen molar-refractivity contribution in [2.75, 3.05) is 0 Å². The first-order valence-electron chi connectivity index (χ1n) is 18.2. The van der Waals surface area contributed by atoms with Crippen molar-refractivity contribution in [2.24, 2.45) is 0 Å². The van der Waals surface area contributed by atoms with Gasteiger partial charge in [0.2, 0.25) is 0 Å². The molecule has 6 aromatic carbocycles. The largest absolute Gasteiger partial charge is 0.135 e. The van der Waals surface area contributed by atoms with Crippen LogP contribution in [-0.2, 0) is 0 Å². The number of benzene rings is 6. The summed E-state index contributed by atoms with van der Waals surface area (Å²) in [5.41, 5.74) is 5.26. The molecule has 254 valence electrons. The van der Waals surface area contributed by atoms with Crippen molar-refractivity contribution in [1.82, 2.24) is 0 Å². The van der Waals surface area contributed by atoms with Crippen molar-refractivity contribution in [1.29, 1.82) is 0 Å². The summed E-state index contributed by atoms with van der Waals surface area (Å²) in [6.07, 6.45) is 22.1. The van der Waals surface area contributed by atoms with E-state index in [1.54, 1.807) is 0 Å². The molecule has 1 atom stereocenters. The van der Waals surface area contributed by atoms with Gasteiger partial charge in [-0.05, 0) is 83.3 Å². The van der Waals surface area contributed by atoms with E-state index in [4.69, 9.17) is 0 Å². The lowest BCUT2D eigenvalue weighted by molar-refractivity contribution is 1.11. The van der Waals surface area contributed by atoms with E-state index in [1.807, 2.05) is 22.7 Å². The summed E-state index contributed by atoms with van der Waals surface area (Å²) in [4.78, 5) is 6.66. The Bertz CT molecular complexity index is 2770. The zero-order valence-electron chi connectivity index (χ0n) is 29.1. The van der Waals surface area contributed by atoms with Crippen LogP contribution < -0.4 is 0 Å². The van der Waals surface area contributed by atoms with Crippen LogP contribution in [0.2, 0.25) is 0 Å². The molecule has 0 fully saturated rings. The maximum absolute atomic E-state index is 2.48. The molecule has 0 amide bonds. The van der Waals surface area contributed by atoms with Gasteiger partial charge in [-0.3, -0.25) is 0 Å². The standard InChI is InChI=1S/C50H36S3/c1-4-18-37(19-5-1)53(38-20-6-2-7-21-38,40-23-13-17-36(34-40)42-27-15-29-46-44-25-10-11-31-48(44)52-50(42)46)39-22-12-16-35(32-33-39)41-26-14-28-45-43-24-8-3-9-30-47(43)51-49(41)45/h1-2,4-35H,3H2. The van der Waals surface area contributed by atoms with Crippen LogP contribution in [0.3, 0.4) is 0 Å². The number of rotatable bonds is 6. The number of fused-ring (bicyclic) bond motifs is 6. The number of thiophene rings is 2. The molecule has 0 saturated carbocycles. The van der Waals surface area contributed by atoms with E-state index in [2.05, 4.69) is 200 Å². The molecule has 3 heteroatoms. The Balaban J connectivity index is 1.16. The van der Waals surface area contributed by atoms with Gasteiger partial charge in [-0.1, -0.05) is 146 Å². The topological polar surface area (TPSA) is 0 Å². The molecule has 0 saturated heterocycles. The van der Waals surface area contributed by atoms with Gasteiger partial charge in [0.05, 0.1) is 0 Å². The maximum atomic E-state index is 2.48. The van der Waals surface area contributed by atoms with E-state index in [0.717, 1.165) is 6.42 Å². The highest BCUT2D eigenvalue weighted by molar-refractivity contribution is 8.37. The molecular formula is C50H36S3. The zero-order valence-corrected chi connectivity index (χ0v) is 31.5. The van der Waals surface area contributed by atoms with Crippen LogP contribution in [0.5, 0.6) is 0 Å². The van der Waals surface area contributed by atoms with Gasteiger partial charge in [-0.25, -0.2) is 0 Å². The fourth-order valence-electron chi connectivity index (χ4n) is 8.07. The van der Waals surface area contributed by atoms with Crippen LogP contribution in [0.1, 0.15) is 28.3 Å². The number of hydrogen-bond donors (Lipinski definition) is 0. The van der Waals surface area contributed by atoms with Crippen molar-refractivity contribution in [2.45, 2.75) is 27.0 Å². The fourth-order valence-corrected chi connectivity index (χ4v) is 14.5. The first-order chi connectivity index (χ1) is 26.3. The second-order valence-corrected chi connectivity index (χ2v) is 18.7. The average Bonchev–Trinajstić information content (AvgIpc) is 3.54. The Hall–Kier alpha value is -5.45. The Morgan fingerprint density at radius 3 is 2.08 bits per heavy atom. The fraction of sp³-hybridized carbons (Fsp3) is 0.0400. The summed E-state index contributed by atoms with van der Waals surface area (Å²) in [5, 5.41) is 4.01. The van der Waals surface area contributed by atoms with Crippen molar-refractivity contribution < 1.29 is 0 Å². The predicted molar refractivity (Wildman–Crippen MR) is 234 cm³/mol. The normalized spacial score (nSPS) is 15.8. The van der Waals surface area contributed by atoms with Crippen LogP contribution in [-0.4, -0.2) is 0 Å². The molecule has 0 aliphatic heterocycles. The average molecular weight is 733 g/mol. The SMILES string of the molecule is C1=CC(c2cccc3c4c(sc23)C=CCC=C4)C=CC(S(c2ccccc2)(c2ccccc2)c2cccc(-c3cccc4c3sc3ccccc34)c2)=C1. The molecule has 2 aromatic heterocycles. The number of hydrogen-bond acceptors (Lipinski definition) is 2. The van der Waals surface area contributed by atoms with E-state index in [0.29, 0.717) is 0 Å². The van der Waals surface area contributed by atoms with Gasteiger partial charge in [-0.2, -0.15) is 0 Å². The zero-order chi connectivity index (χ0) is 35.2. The summed E-state index contributed by atoms with van der Waals surface area (Å²) in [6, 6.07) is 54.3. The third kappa shape index (κ3) is 5.42. The third-order valence-corrected chi connectivity index (χ3v) is 16.8. The van der Waals surface area contributed by atoms with Gasteiger partial charge >= 0.3 is 0 Å². The summed E-state index contributed by atoms with van der Waals surface area (Å²) >= 11 is 3.82. The molecule has 2 aliphatic carbocycles. The molecule has 10 rings (SSSR count). The van der Waals surface area contributed by atoms with E-state index < -0.39 is 10.0 Å². The lowest BCUT2D eigenvalue weighted by Gasteiger charge is -2.43. The van der Waals surface area contributed by atoms with Crippen molar-refractivity contribution in [3.63, 3.8) is 0 Å². The predicted octanol–water partition coefficient (Wildman–Crippen LogP) is 15.4. The summed E-state index contributed by atoms with van der Waals surface area (Å²) < 4.78 is 4.05. The molecule has 0 bridgehead atoms. The van der Waals surface area contributed by atoms with E-state index in [9.17, 15) is 0 Å². The Kier molecular flexibility index (Phi) is 8.21. The van der Waals surface area contributed by atoms with Gasteiger partial charge in [0.25, 0.3) is 0 Å². The molecule has 0 radical (unpaired) electrons. The minimum Gasteiger partial charge on any atom is -0.135 e. The Labute approximate surface area is 320 Å². The molecule has 0 nitrogen and oxygen atoms in total. The van der Waals surface area contributed by atoms with E-state index in [-0.39, 0.29) is 5.92 Å². The van der Waals surface area contributed by atoms with Gasteiger partial charge in [0, 0.05) is 60.6 Å². The highest BCUT2D eigenvalue weighted by Crippen LogP contribution is 2.74. The monoisotopic (exact) mass is 732 g/mol. The second kappa shape index (κ2) is 13.5. The quantitative estimate of drug-likeness (QED) is 0.160. The van der Waals surface area contributed by atoms with E-state index in [1.165, 1.54) is 77.0 Å². The first kappa shape index (κ1) is 32.2. The molecule has 2 heterocycles. The first-order valence-corrected chi connectivity index (χ1v) is 21.5. The highest BCUT2D eigenvalue weighted by Gasteiger charge is 2.35. The van der Waals surface area contributed by atoms with Crippen molar-refractivity contribution >= 4 is 75.1 Å². The maximum Gasteiger partial charge on any atom is 0.0433 e. The second-order valence-electron chi connectivity index (χ2n) is 13.5. The van der Waals surface area contributed by atoms with Crippen molar-refractivity contribution in [3.05, 3.63) is 209 Å². The lowest BCUT2D eigenvalue weighted by atomic mass is 9.96. The van der Waals surface area contributed by atoms with Gasteiger partial charge in [-0.15, -0.1) is 32.7 Å². The molecule has 0 N–H and O–H groups in total. The minimum atomic E-state index is -1.91. The Morgan fingerprint density at radius 1 is 0.528 bits per heavy atom. The van der Waals surface area contributed by atoms with Gasteiger partial charge < -0.3 is 0 Å². The molecule has 1 unspecified atom stereocenters. The van der Waals surface area contributed by atoms with Crippen LogP contribution >= 0.6 is 32.7 Å². The van der Waals surface area contributed by atoms with Gasteiger partial charge in [0.15, 0.2) is 0 Å². The molecule has 8 aromatic rings. The molecule has 0 spiro atoms. The van der Waals surface area contributed by atoms with Gasteiger partial charge in [0.1, 0.15) is 0 Å². The molecule has 53 heavy (non-hydrogen) atoms. The van der Waals surface area contributed by atoms with Crippen LogP contribution in [0, 0.1) is 0 Å².